The summed E-state index contributed by atoms with van der Waals surface area (Å²) in [5.41, 5.74) is 6.32. The first-order chi connectivity index (χ1) is 9.92. The van der Waals surface area contributed by atoms with Crippen LogP contribution in [0, 0.1) is 5.92 Å². The number of hydrogen-bond acceptors (Lipinski definition) is 2. The molecule has 1 saturated carbocycles. The summed E-state index contributed by atoms with van der Waals surface area (Å²) in [7, 11) is 0. The van der Waals surface area contributed by atoms with Gasteiger partial charge in [0.15, 0.2) is 5.96 Å². The molecule has 0 heterocycles. The maximum absolute atomic E-state index is 12.0. The van der Waals surface area contributed by atoms with E-state index in [1.807, 2.05) is 0 Å². The molecule has 2 rings (SSSR count). The number of rotatable bonds is 4. The van der Waals surface area contributed by atoms with Crippen LogP contribution in [0.5, 0.6) is 5.75 Å². The first kappa shape index (κ1) is 18.9. The molecule has 22 heavy (non-hydrogen) atoms. The van der Waals surface area contributed by atoms with Crippen molar-refractivity contribution in [1.29, 1.82) is 0 Å². The Balaban J connectivity index is 0.00000242. The molecular formula is C14H19F3IN3O. The molecule has 0 aliphatic heterocycles. The number of halogens is 4. The number of alkyl halides is 3. The third-order valence-electron chi connectivity index (χ3n) is 3.35. The van der Waals surface area contributed by atoms with Gasteiger partial charge < -0.3 is 15.8 Å². The summed E-state index contributed by atoms with van der Waals surface area (Å²) in [5.74, 6) is 0.591. The highest BCUT2D eigenvalue weighted by molar-refractivity contribution is 14.0. The van der Waals surface area contributed by atoms with Crippen LogP contribution in [0.2, 0.25) is 0 Å². The molecule has 0 aromatic heterocycles. The zero-order chi connectivity index (χ0) is 15.3. The molecule has 0 spiro atoms. The van der Waals surface area contributed by atoms with Crippen LogP contribution in [0.1, 0.15) is 25.7 Å². The summed E-state index contributed by atoms with van der Waals surface area (Å²) < 4.78 is 39.9. The average Bonchev–Trinajstić information content (AvgIpc) is 2.90. The van der Waals surface area contributed by atoms with Crippen molar-refractivity contribution in [3.63, 3.8) is 0 Å². The van der Waals surface area contributed by atoms with E-state index in [1.54, 1.807) is 0 Å². The molecule has 0 atom stereocenters. The van der Waals surface area contributed by atoms with Crippen LogP contribution >= 0.6 is 24.0 Å². The Morgan fingerprint density at radius 2 is 1.82 bits per heavy atom. The van der Waals surface area contributed by atoms with Gasteiger partial charge in [0.05, 0.1) is 0 Å². The van der Waals surface area contributed by atoms with Crippen LogP contribution in [0.4, 0.5) is 18.9 Å². The number of nitrogens with one attached hydrogen (secondary N) is 1. The van der Waals surface area contributed by atoms with Crippen molar-refractivity contribution in [1.82, 2.24) is 0 Å². The Bertz CT molecular complexity index is 485. The van der Waals surface area contributed by atoms with Crippen LogP contribution in [-0.2, 0) is 0 Å². The molecule has 1 aliphatic rings. The Kier molecular flexibility index (Phi) is 7.24. The molecule has 3 N–H and O–H groups in total. The SMILES string of the molecule is I.NC(=NCC1CCCC1)Nc1ccc(OC(F)(F)F)cc1. The van der Waals surface area contributed by atoms with Gasteiger partial charge in [-0.1, -0.05) is 12.8 Å². The lowest BCUT2D eigenvalue weighted by Gasteiger charge is -2.10. The van der Waals surface area contributed by atoms with Crippen LogP contribution in [0.3, 0.4) is 0 Å². The van der Waals surface area contributed by atoms with E-state index >= 15 is 0 Å². The molecular weight excluding hydrogens is 410 g/mol. The van der Waals surface area contributed by atoms with Crippen LogP contribution in [0.25, 0.3) is 0 Å². The van der Waals surface area contributed by atoms with Crippen molar-refractivity contribution in [3.8, 4) is 5.75 Å². The largest absolute Gasteiger partial charge is 0.573 e. The van der Waals surface area contributed by atoms with Gasteiger partial charge in [-0.15, -0.1) is 37.1 Å². The zero-order valence-corrected chi connectivity index (χ0v) is 14.2. The van der Waals surface area contributed by atoms with E-state index < -0.39 is 6.36 Å². The number of hydrogen-bond donors (Lipinski definition) is 2. The van der Waals surface area contributed by atoms with Gasteiger partial charge in [-0.3, -0.25) is 4.99 Å². The first-order valence-corrected chi connectivity index (χ1v) is 6.85. The summed E-state index contributed by atoms with van der Waals surface area (Å²) in [6, 6.07) is 5.36. The lowest BCUT2D eigenvalue weighted by atomic mass is 10.1. The van der Waals surface area contributed by atoms with Crippen LogP contribution in [-0.4, -0.2) is 18.9 Å². The molecule has 0 bridgehead atoms. The van der Waals surface area contributed by atoms with E-state index in [1.165, 1.54) is 49.9 Å². The number of guanidine groups is 1. The van der Waals surface area contributed by atoms with Gasteiger partial charge in [-0.05, 0) is 43.0 Å². The fourth-order valence-corrected chi connectivity index (χ4v) is 2.35. The second kappa shape index (κ2) is 8.44. The summed E-state index contributed by atoms with van der Waals surface area (Å²) in [6.45, 7) is 0.689. The Labute approximate surface area is 144 Å². The third kappa shape index (κ3) is 6.71. The van der Waals surface area contributed by atoms with E-state index in [0.717, 1.165) is 0 Å². The van der Waals surface area contributed by atoms with Gasteiger partial charge in [0.1, 0.15) is 5.75 Å². The predicted molar refractivity (Wildman–Crippen MR) is 90.6 cm³/mol. The van der Waals surface area contributed by atoms with Gasteiger partial charge in [-0.2, -0.15) is 0 Å². The van der Waals surface area contributed by atoms with E-state index in [2.05, 4.69) is 15.0 Å². The highest BCUT2D eigenvalue weighted by Crippen LogP contribution is 2.25. The summed E-state index contributed by atoms with van der Waals surface area (Å²) >= 11 is 0. The van der Waals surface area contributed by atoms with Crippen LogP contribution in [0.15, 0.2) is 29.3 Å². The third-order valence-corrected chi connectivity index (χ3v) is 3.35. The van der Waals surface area contributed by atoms with E-state index in [9.17, 15) is 13.2 Å². The monoisotopic (exact) mass is 429 g/mol. The topological polar surface area (TPSA) is 59.6 Å². The number of aliphatic imine (C=N–C) groups is 1. The fraction of sp³-hybridized carbons (Fsp3) is 0.500. The van der Waals surface area contributed by atoms with Gasteiger partial charge in [0.2, 0.25) is 0 Å². The Hall–Kier alpha value is -1.19. The highest BCUT2D eigenvalue weighted by atomic mass is 127. The molecule has 1 fully saturated rings. The number of ether oxygens (including phenoxy) is 1. The van der Waals surface area contributed by atoms with E-state index in [4.69, 9.17) is 5.73 Å². The second-order valence-corrected chi connectivity index (χ2v) is 5.07. The minimum atomic E-state index is -4.68. The minimum absolute atomic E-state index is 0. The lowest BCUT2D eigenvalue weighted by Crippen LogP contribution is -2.23. The Morgan fingerprint density at radius 1 is 1.23 bits per heavy atom. The quantitative estimate of drug-likeness (QED) is 0.430. The fourth-order valence-electron chi connectivity index (χ4n) is 2.35. The van der Waals surface area contributed by atoms with Gasteiger partial charge in [0, 0.05) is 12.2 Å². The Morgan fingerprint density at radius 3 is 2.36 bits per heavy atom. The number of anilines is 1. The first-order valence-electron chi connectivity index (χ1n) is 6.85. The van der Waals surface area contributed by atoms with Crippen molar-refractivity contribution in [2.24, 2.45) is 16.6 Å². The summed E-state index contributed by atoms with van der Waals surface area (Å²) in [5, 5.41) is 2.85. The predicted octanol–water partition coefficient (Wildman–Crippen LogP) is 4.12. The molecule has 0 saturated heterocycles. The van der Waals surface area contributed by atoms with Crippen molar-refractivity contribution >= 4 is 35.6 Å². The molecule has 1 aromatic carbocycles. The highest BCUT2D eigenvalue weighted by Gasteiger charge is 2.30. The van der Waals surface area contributed by atoms with Crippen molar-refractivity contribution in [2.75, 3.05) is 11.9 Å². The van der Waals surface area contributed by atoms with Crippen LogP contribution < -0.4 is 15.8 Å². The smallest absolute Gasteiger partial charge is 0.406 e. The lowest BCUT2D eigenvalue weighted by molar-refractivity contribution is -0.274. The molecule has 1 aliphatic carbocycles. The molecule has 1 aromatic rings. The van der Waals surface area contributed by atoms with Crippen molar-refractivity contribution < 1.29 is 17.9 Å². The molecule has 8 heteroatoms. The zero-order valence-electron chi connectivity index (χ0n) is 11.9. The molecule has 4 nitrogen and oxygen atoms in total. The van der Waals surface area contributed by atoms with Gasteiger partial charge in [-0.25, -0.2) is 0 Å². The average molecular weight is 429 g/mol. The maximum Gasteiger partial charge on any atom is 0.573 e. The number of benzene rings is 1. The standard InChI is InChI=1S/C14H18F3N3O.HI/c15-14(16,17)21-12-7-5-11(6-8-12)20-13(18)19-9-10-3-1-2-4-10;/h5-8,10H,1-4,9H2,(H3,18,19,20);1H. The normalized spacial score (nSPS) is 16.2. The summed E-state index contributed by atoms with van der Waals surface area (Å²) in [4.78, 5) is 4.26. The second-order valence-electron chi connectivity index (χ2n) is 5.07. The minimum Gasteiger partial charge on any atom is -0.406 e. The van der Waals surface area contributed by atoms with E-state index in [-0.39, 0.29) is 35.7 Å². The molecule has 0 amide bonds. The molecule has 0 radical (unpaired) electrons. The molecule has 0 unspecified atom stereocenters. The maximum atomic E-state index is 12.0. The van der Waals surface area contributed by atoms with E-state index in [0.29, 0.717) is 18.2 Å². The number of nitrogens with two attached hydrogens (primary N) is 1. The summed E-state index contributed by atoms with van der Waals surface area (Å²) in [6.07, 6.45) is 0.166. The van der Waals surface area contributed by atoms with Crippen molar-refractivity contribution in [2.45, 2.75) is 32.0 Å². The number of nitrogens with zero attached hydrogens (tertiary/aromatic N) is 1. The van der Waals surface area contributed by atoms with Gasteiger partial charge in [0.25, 0.3) is 0 Å². The van der Waals surface area contributed by atoms with Crippen molar-refractivity contribution in [3.05, 3.63) is 24.3 Å². The van der Waals surface area contributed by atoms with Gasteiger partial charge >= 0.3 is 6.36 Å². The molecule has 124 valence electrons.